The molecule has 0 unspecified atom stereocenters. The van der Waals surface area contributed by atoms with E-state index in [0.717, 1.165) is 24.2 Å². The van der Waals surface area contributed by atoms with Gasteiger partial charge in [-0.3, -0.25) is 4.68 Å². The van der Waals surface area contributed by atoms with Crippen molar-refractivity contribution in [2.24, 2.45) is 0 Å². The maximum absolute atomic E-state index is 9.62. The first-order chi connectivity index (χ1) is 8.79. The molecule has 0 radical (unpaired) electrons. The zero-order valence-corrected chi connectivity index (χ0v) is 11.9. The molecule has 5 heteroatoms. The zero-order valence-electron chi connectivity index (χ0n) is 11.0. The van der Waals surface area contributed by atoms with Crippen LogP contribution in [0.4, 0.5) is 0 Å². The van der Waals surface area contributed by atoms with Gasteiger partial charge < -0.3 is 10.4 Å². The van der Waals surface area contributed by atoms with Gasteiger partial charge in [-0.1, -0.05) is 25.1 Å². The van der Waals surface area contributed by atoms with Gasteiger partial charge >= 0.3 is 0 Å². The first-order valence-electron chi connectivity index (χ1n) is 6.29. The average molecular weight is 282 g/mol. The van der Waals surface area contributed by atoms with Crippen molar-refractivity contribution in [3.63, 3.8) is 0 Å². The van der Waals surface area contributed by atoms with Crippen molar-refractivity contribution >= 4 is 12.4 Å². The van der Waals surface area contributed by atoms with Gasteiger partial charge in [0.2, 0.25) is 0 Å². The van der Waals surface area contributed by atoms with E-state index < -0.39 is 0 Å². The molecule has 2 aromatic rings. The normalized spacial score (nSPS) is 10.2. The summed E-state index contributed by atoms with van der Waals surface area (Å²) in [5.41, 5.74) is 1.93. The lowest BCUT2D eigenvalue weighted by Gasteiger charge is -2.05. The predicted octanol–water partition coefficient (Wildman–Crippen LogP) is 2.71. The molecular weight excluding hydrogens is 262 g/mol. The number of phenolic OH excluding ortho intramolecular Hbond substituents is 1. The summed E-state index contributed by atoms with van der Waals surface area (Å²) in [6, 6.07) is 9.39. The second-order valence-corrected chi connectivity index (χ2v) is 4.30. The van der Waals surface area contributed by atoms with Crippen LogP contribution < -0.4 is 5.32 Å². The van der Waals surface area contributed by atoms with Crippen molar-refractivity contribution in [3.8, 4) is 5.75 Å². The highest BCUT2D eigenvalue weighted by atomic mass is 35.5. The van der Waals surface area contributed by atoms with Crippen LogP contribution in [0.1, 0.15) is 24.6 Å². The highest BCUT2D eigenvalue weighted by Crippen LogP contribution is 2.14. The molecule has 4 nitrogen and oxygen atoms in total. The minimum absolute atomic E-state index is 0. The Hall–Kier alpha value is -1.52. The fraction of sp³-hybridized carbons (Fsp3) is 0.357. The first-order valence-corrected chi connectivity index (χ1v) is 6.29. The van der Waals surface area contributed by atoms with E-state index in [4.69, 9.17) is 0 Å². The number of aromatic nitrogens is 2. The van der Waals surface area contributed by atoms with Gasteiger partial charge in [-0.05, 0) is 18.6 Å². The number of hydrogen-bond donors (Lipinski definition) is 2. The number of benzene rings is 1. The molecule has 2 rings (SSSR count). The van der Waals surface area contributed by atoms with Crippen molar-refractivity contribution in [1.29, 1.82) is 0 Å². The smallest absolute Gasteiger partial charge is 0.120 e. The second kappa shape index (κ2) is 7.81. The van der Waals surface area contributed by atoms with E-state index in [1.807, 2.05) is 35.1 Å². The summed E-state index contributed by atoms with van der Waals surface area (Å²) in [6.45, 7) is 4.45. The van der Waals surface area contributed by atoms with E-state index in [1.165, 1.54) is 0 Å². The third-order valence-corrected chi connectivity index (χ3v) is 2.76. The molecule has 1 aromatic carbocycles. The third-order valence-electron chi connectivity index (χ3n) is 2.76. The monoisotopic (exact) mass is 281 g/mol. The fourth-order valence-corrected chi connectivity index (χ4v) is 1.84. The van der Waals surface area contributed by atoms with Gasteiger partial charge in [-0.2, -0.15) is 5.10 Å². The number of nitrogens with one attached hydrogen (secondary N) is 1. The number of halogens is 1. The van der Waals surface area contributed by atoms with Crippen LogP contribution in [0.25, 0.3) is 0 Å². The van der Waals surface area contributed by atoms with E-state index in [2.05, 4.69) is 17.3 Å². The van der Waals surface area contributed by atoms with Crippen LogP contribution in [0.5, 0.6) is 5.75 Å². The Bertz CT molecular complexity index is 499. The Kier molecular flexibility index (Phi) is 6.39. The molecule has 2 N–H and O–H groups in total. The fourth-order valence-electron chi connectivity index (χ4n) is 1.84. The molecule has 104 valence electrons. The van der Waals surface area contributed by atoms with Gasteiger partial charge in [0.25, 0.3) is 0 Å². The van der Waals surface area contributed by atoms with E-state index in [0.29, 0.717) is 18.8 Å². The molecule has 0 amide bonds. The second-order valence-electron chi connectivity index (χ2n) is 4.30. The molecule has 0 aliphatic heterocycles. The number of phenols is 1. The Labute approximate surface area is 119 Å². The van der Waals surface area contributed by atoms with Crippen molar-refractivity contribution in [2.75, 3.05) is 0 Å². The minimum Gasteiger partial charge on any atom is -0.508 e. The van der Waals surface area contributed by atoms with E-state index in [1.54, 1.807) is 6.07 Å². The number of nitrogens with zero attached hydrogens (tertiary/aromatic N) is 2. The average Bonchev–Trinajstić information content (AvgIpc) is 2.80. The molecule has 0 bridgehead atoms. The Morgan fingerprint density at radius 3 is 2.74 bits per heavy atom. The summed E-state index contributed by atoms with van der Waals surface area (Å²) < 4.78 is 1.96. The van der Waals surface area contributed by atoms with Crippen LogP contribution in [-0.2, 0) is 19.6 Å². The van der Waals surface area contributed by atoms with Gasteiger partial charge in [0.15, 0.2) is 0 Å². The lowest BCUT2D eigenvalue weighted by atomic mass is 10.2. The largest absolute Gasteiger partial charge is 0.508 e. The summed E-state index contributed by atoms with van der Waals surface area (Å²) >= 11 is 0. The standard InChI is InChI=1S/C14H19N3O.ClH/c1-2-8-17-9-7-13(16-17)11-15-10-12-5-3-4-6-14(12)18;/h3-7,9,15,18H,2,8,10-11H2,1H3;1H. The Balaban J connectivity index is 0.00000180. The predicted molar refractivity (Wildman–Crippen MR) is 78.4 cm³/mol. The number of hydrogen-bond acceptors (Lipinski definition) is 3. The number of rotatable bonds is 6. The minimum atomic E-state index is 0. The molecule has 19 heavy (non-hydrogen) atoms. The Morgan fingerprint density at radius 1 is 1.21 bits per heavy atom. The lowest BCUT2D eigenvalue weighted by Crippen LogP contribution is -2.13. The molecule has 0 saturated heterocycles. The summed E-state index contributed by atoms with van der Waals surface area (Å²) in [4.78, 5) is 0. The lowest BCUT2D eigenvalue weighted by molar-refractivity contribution is 0.464. The summed E-state index contributed by atoms with van der Waals surface area (Å²) in [5, 5.41) is 17.3. The number of aromatic hydroxyl groups is 1. The third kappa shape index (κ3) is 4.58. The first kappa shape index (κ1) is 15.5. The molecule has 0 saturated carbocycles. The highest BCUT2D eigenvalue weighted by Gasteiger charge is 2.01. The van der Waals surface area contributed by atoms with Crippen LogP contribution in [0.2, 0.25) is 0 Å². The summed E-state index contributed by atoms with van der Waals surface area (Å²) in [7, 11) is 0. The van der Waals surface area contributed by atoms with E-state index in [9.17, 15) is 5.11 Å². The molecular formula is C14H20ClN3O. The number of aryl methyl sites for hydroxylation is 1. The van der Waals surface area contributed by atoms with Gasteiger partial charge in [-0.15, -0.1) is 12.4 Å². The highest BCUT2D eigenvalue weighted by molar-refractivity contribution is 5.85. The van der Waals surface area contributed by atoms with Gasteiger partial charge in [-0.25, -0.2) is 0 Å². The maximum atomic E-state index is 9.62. The van der Waals surface area contributed by atoms with Gasteiger partial charge in [0.1, 0.15) is 5.75 Å². The molecule has 0 aliphatic carbocycles. The molecule has 0 spiro atoms. The topological polar surface area (TPSA) is 50.1 Å². The van der Waals surface area contributed by atoms with E-state index >= 15 is 0 Å². The molecule has 0 atom stereocenters. The van der Waals surface area contributed by atoms with Crippen LogP contribution in [0.3, 0.4) is 0 Å². The van der Waals surface area contributed by atoms with Crippen LogP contribution >= 0.6 is 12.4 Å². The Morgan fingerprint density at radius 2 is 2.00 bits per heavy atom. The van der Waals surface area contributed by atoms with Crippen LogP contribution in [0.15, 0.2) is 36.5 Å². The number of para-hydroxylation sites is 1. The van der Waals surface area contributed by atoms with Gasteiger partial charge in [0, 0.05) is 31.4 Å². The van der Waals surface area contributed by atoms with Crippen molar-refractivity contribution < 1.29 is 5.11 Å². The molecule has 1 heterocycles. The maximum Gasteiger partial charge on any atom is 0.120 e. The molecule has 1 aromatic heterocycles. The van der Waals surface area contributed by atoms with Gasteiger partial charge in [0.05, 0.1) is 5.69 Å². The van der Waals surface area contributed by atoms with Crippen LogP contribution in [0, 0.1) is 0 Å². The molecule has 0 aliphatic rings. The van der Waals surface area contributed by atoms with Crippen molar-refractivity contribution in [2.45, 2.75) is 33.0 Å². The zero-order chi connectivity index (χ0) is 12.8. The summed E-state index contributed by atoms with van der Waals surface area (Å²) in [5.74, 6) is 0.335. The summed E-state index contributed by atoms with van der Waals surface area (Å²) in [6.07, 6.45) is 3.09. The SMILES string of the molecule is CCCn1ccc(CNCc2ccccc2O)n1.Cl. The van der Waals surface area contributed by atoms with Crippen molar-refractivity contribution in [1.82, 2.24) is 15.1 Å². The van der Waals surface area contributed by atoms with Crippen molar-refractivity contribution in [3.05, 3.63) is 47.8 Å². The van der Waals surface area contributed by atoms with Crippen LogP contribution in [-0.4, -0.2) is 14.9 Å². The molecule has 0 fully saturated rings. The quantitative estimate of drug-likeness (QED) is 0.856. The van der Waals surface area contributed by atoms with E-state index in [-0.39, 0.29) is 12.4 Å².